The van der Waals surface area contributed by atoms with Gasteiger partial charge < -0.3 is 25.2 Å². The van der Waals surface area contributed by atoms with Crippen molar-refractivity contribution in [3.8, 4) is 0 Å². The number of hydrogen-bond acceptors (Lipinski definition) is 12. The number of carbonyl (C=O) groups excluding carboxylic acids is 1. The van der Waals surface area contributed by atoms with Crippen LogP contribution in [0.5, 0.6) is 0 Å². The molecule has 1 aliphatic heterocycles. The highest BCUT2D eigenvalue weighted by Crippen LogP contribution is 2.25. The molecule has 10 nitrogen and oxygen atoms in total. The van der Waals surface area contributed by atoms with Gasteiger partial charge in [-0.2, -0.15) is 0 Å². The third-order valence-corrected chi connectivity index (χ3v) is 21.2. The van der Waals surface area contributed by atoms with Gasteiger partial charge in [-0.1, -0.05) is 289 Å². The van der Waals surface area contributed by atoms with Crippen LogP contribution in [0.25, 0.3) is 0 Å². The van der Waals surface area contributed by atoms with E-state index < -0.39 is 12.2 Å². The summed E-state index contributed by atoms with van der Waals surface area (Å²) in [5.74, 6) is 1.98. The molecule has 1 heterocycles. The summed E-state index contributed by atoms with van der Waals surface area (Å²) in [5.41, 5.74) is 0. The van der Waals surface area contributed by atoms with Crippen LogP contribution < -0.4 is 0 Å². The second-order valence-electron chi connectivity index (χ2n) is 27.6. The first kappa shape index (κ1) is 89.3. The standard InChI is InChI=1S/C81H152N4O6S2/c1-7-11-15-19-23-27-31-33-35-37-41-45-49-53-57-79(88)73-85(74-80(89)58-54-50-46-42-38-36-34-32-28-24-20-16-12-8-2)76(6)61-69-92-93-70-67-83-64-62-82(63-65-83)66-68-91-81(90)60-59-75(5)84(71-77(86)55-51-47-43-39-29-25-21-17-13-9-3)72-78(87)56-52-48-44-40-30-26-22-18-14-10-4/h11-12,15-16,23-24,27-28,33-36,75-80,86-89H,7-10,13-14,17-22,25-26,29-32,37-74H2,1-6H3/b15-11-,16-12-,27-23-,28-24-,35-33-,36-34-. The number of rotatable bonds is 69. The van der Waals surface area contributed by atoms with Gasteiger partial charge in [0.15, 0.2) is 0 Å². The predicted molar refractivity (Wildman–Crippen MR) is 411 cm³/mol. The van der Waals surface area contributed by atoms with Crippen molar-refractivity contribution in [3.63, 3.8) is 0 Å². The van der Waals surface area contributed by atoms with E-state index in [2.05, 4.69) is 134 Å². The zero-order valence-corrected chi connectivity index (χ0v) is 63.3. The number of aliphatic hydroxyl groups is 4. The van der Waals surface area contributed by atoms with Crippen LogP contribution in [0.3, 0.4) is 0 Å². The van der Waals surface area contributed by atoms with Crippen molar-refractivity contribution >= 4 is 27.6 Å². The van der Waals surface area contributed by atoms with Gasteiger partial charge in [0.1, 0.15) is 6.61 Å². The summed E-state index contributed by atoms with van der Waals surface area (Å²) >= 11 is 0. The first-order valence-electron chi connectivity index (χ1n) is 39.5. The van der Waals surface area contributed by atoms with Crippen molar-refractivity contribution in [2.75, 3.05) is 83.6 Å². The monoisotopic (exact) mass is 1340 g/mol. The van der Waals surface area contributed by atoms with Crippen LogP contribution in [0.4, 0.5) is 0 Å². The summed E-state index contributed by atoms with van der Waals surface area (Å²) in [7, 11) is 3.93. The Kier molecular flexibility index (Phi) is 66.1. The second kappa shape index (κ2) is 68.8. The molecule has 1 rings (SSSR count). The molecule has 0 amide bonds. The topological polar surface area (TPSA) is 120 Å². The van der Waals surface area contributed by atoms with Crippen LogP contribution in [-0.4, -0.2) is 166 Å². The van der Waals surface area contributed by atoms with Gasteiger partial charge in [0, 0.05) is 95.5 Å². The van der Waals surface area contributed by atoms with E-state index in [0.717, 1.165) is 173 Å². The van der Waals surface area contributed by atoms with E-state index in [9.17, 15) is 25.2 Å². The highest BCUT2D eigenvalue weighted by Gasteiger charge is 2.24. The molecule has 0 aliphatic carbocycles. The van der Waals surface area contributed by atoms with Crippen LogP contribution >= 0.6 is 21.6 Å². The Balaban J connectivity index is 2.53. The smallest absolute Gasteiger partial charge is 0.305 e. The lowest BCUT2D eigenvalue weighted by molar-refractivity contribution is -0.144. The van der Waals surface area contributed by atoms with E-state index in [4.69, 9.17) is 4.74 Å². The van der Waals surface area contributed by atoms with Gasteiger partial charge in [0.25, 0.3) is 0 Å². The Labute approximate surface area is 584 Å². The third kappa shape index (κ3) is 60.0. The van der Waals surface area contributed by atoms with Gasteiger partial charge in [-0.15, -0.1) is 0 Å². The number of carbonyl (C=O) groups is 1. The molecule has 4 N–H and O–H groups in total. The van der Waals surface area contributed by atoms with Gasteiger partial charge in [-0.05, 0) is 117 Å². The van der Waals surface area contributed by atoms with Gasteiger partial charge in [0.2, 0.25) is 0 Å². The van der Waals surface area contributed by atoms with Crippen LogP contribution in [0.15, 0.2) is 72.9 Å². The Bertz CT molecular complexity index is 1680. The molecule has 0 radical (unpaired) electrons. The number of esters is 1. The molecule has 0 spiro atoms. The number of hydrogen-bond donors (Lipinski definition) is 4. The average molecular weight is 1340 g/mol. The number of ether oxygens (including phenoxy) is 1. The molecule has 1 aliphatic rings. The Morgan fingerprint density at radius 1 is 0.387 bits per heavy atom. The number of nitrogens with zero attached hydrogens (tertiary/aromatic N) is 4. The average Bonchev–Trinajstić information content (AvgIpc) is 2.65. The minimum Gasteiger partial charge on any atom is -0.464 e. The summed E-state index contributed by atoms with van der Waals surface area (Å²) in [6.45, 7) is 21.9. The maximum atomic E-state index is 13.1. The lowest BCUT2D eigenvalue weighted by Gasteiger charge is -2.34. The Morgan fingerprint density at radius 3 is 1.08 bits per heavy atom. The quantitative estimate of drug-likeness (QED) is 0.0201. The molecule has 0 saturated carbocycles. The summed E-state index contributed by atoms with van der Waals surface area (Å²) in [5, 5.41) is 45.1. The zero-order chi connectivity index (χ0) is 67.6. The first-order valence-corrected chi connectivity index (χ1v) is 42.0. The van der Waals surface area contributed by atoms with Gasteiger partial charge in [0.05, 0.1) is 24.4 Å². The molecule has 93 heavy (non-hydrogen) atoms. The molecule has 544 valence electrons. The lowest BCUT2D eigenvalue weighted by atomic mass is 10.0. The maximum absolute atomic E-state index is 13.1. The normalized spacial score (nSPS) is 15.9. The molecule has 12 heteroatoms. The molecular formula is C81H152N4O6S2. The molecule has 6 atom stereocenters. The lowest BCUT2D eigenvalue weighted by Crippen LogP contribution is -2.47. The molecule has 1 fully saturated rings. The van der Waals surface area contributed by atoms with Gasteiger partial charge in [-0.3, -0.25) is 24.4 Å². The van der Waals surface area contributed by atoms with Crippen molar-refractivity contribution < 1.29 is 30.0 Å². The summed E-state index contributed by atoms with van der Waals surface area (Å²) < 4.78 is 5.82. The Morgan fingerprint density at radius 2 is 0.699 bits per heavy atom. The number of allylic oxidation sites excluding steroid dienone is 12. The summed E-state index contributed by atoms with van der Waals surface area (Å²) in [6.07, 6.45) is 74.0. The number of aliphatic hydroxyl groups excluding tert-OH is 4. The number of piperazine rings is 1. The van der Waals surface area contributed by atoms with E-state index >= 15 is 0 Å². The molecule has 6 unspecified atom stereocenters. The van der Waals surface area contributed by atoms with Crippen molar-refractivity contribution in [2.45, 2.75) is 354 Å². The fraction of sp³-hybridized carbons (Fsp3) is 0.840. The van der Waals surface area contributed by atoms with Crippen LogP contribution in [0, 0.1) is 0 Å². The maximum Gasteiger partial charge on any atom is 0.305 e. The predicted octanol–water partition coefficient (Wildman–Crippen LogP) is 20.5. The molecule has 0 aromatic heterocycles. The molecular weight excluding hydrogens is 1190 g/mol. The largest absolute Gasteiger partial charge is 0.464 e. The highest BCUT2D eigenvalue weighted by molar-refractivity contribution is 8.76. The van der Waals surface area contributed by atoms with E-state index in [1.165, 1.54) is 141 Å². The molecule has 1 saturated heterocycles. The van der Waals surface area contributed by atoms with Crippen LogP contribution in [0.2, 0.25) is 0 Å². The van der Waals surface area contributed by atoms with Crippen molar-refractivity contribution in [1.29, 1.82) is 0 Å². The minimum absolute atomic E-state index is 0.0609. The van der Waals surface area contributed by atoms with Crippen molar-refractivity contribution in [1.82, 2.24) is 19.6 Å². The Hall–Kier alpha value is -1.71. The number of unbranched alkanes of at least 4 members (excludes halogenated alkanes) is 26. The highest BCUT2D eigenvalue weighted by atomic mass is 33.1. The summed E-state index contributed by atoms with van der Waals surface area (Å²) in [4.78, 5) is 22.7. The molecule has 0 aromatic carbocycles. The van der Waals surface area contributed by atoms with Crippen LogP contribution in [0.1, 0.15) is 318 Å². The zero-order valence-electron chi connectivity index (χ0n) is 61.7. The van der Waals surface area contributed by atoms with Gasteiger partial charge in [-0.25, -0.2) is 0 Å². The molecule has 0 aromatic rings. The van der Waals surface area contributed by atoms with E-state index in [1.807, 2.05) is 21.6 Å². The fourth-order valence-corrected chi connectivity index (χ4v) is 14.7. The van der Waals surface area contributed by atoms with E-state index in [0.29, 0.717) is 45.6 Å². The van der Waals surface area contributed by atoms with E-state index in [1.54, 1.807) is 0 Å². The van der Waals surface area contributed by atoms with Crippen LogP contribution in [-0.2, 0) is 9.53 Å². The fourth-order valence-electron chi connectivity index (χ4n) is 12.5. The first-order chi connectivity index (χ1) is 45.5. The van der Waals surface area contributed by atoms with Crippen molar-refractivity contribution in [2.24, 2.45) is 0 Å². The van der Waals surface area contributed by atoms with Gasteiger partial charge >= 0.3 is 5.97 Å². The minimum atomic E-state index is -0.429. The van der Waals surface area contributed by atoms with Crippen molar-refractivity contribution in [3.05, 3.63) is 72.9 Å². The second-order valence-corrected chi connectivity index (χ2v) is 30.3. The molecule has 0 bridgehead atoms. The SMILES string of the molecule is CC/C=C\C/C=C\C/C=C\CCCCCCC(O)CN(CC(O)CCCCCC/C=C\C/C=C\C/C=C\CC)C(C)CCSSCCN1CCN(CCOC(=O)CCC(C)N(CC(O)CCCCCCCCCCCC)CC(O)CCCCCCCCCCCC)CC1. The van der Waals surface area contributed by atoms with E-state index in [-0.39, 0.29) is 30.3 Å². The summed E-state index contributed by atoms with van der Waals surface area (Å²) in [6, 6.07) is 0.348. The third-order valence-electron chi connectivity index (χ3n) is 18.8.